The van der Waals surface area contributed by atoms with Gasteiger partial charge in [0.15, 0.2) is 5.16 Å². The van der Waals surface area contributed by atoms with Crippen LogP contribution in [0.3, 0.4) is 0 Å². The van der Waals surface area contributed by atoms with Gasteiger partial charge in [-0.25, -0.2) is 4.98 Å². The highest BCUT2D eigenvalue weighted by Crippen LogP contribution is 2.28. The van der Waals surface area contributed by atoms with Crippen molar-refractivity contribution in [3.8, 4) is 0 Å². The summed E-state index contributed by atoms with van der Waals surface area (Å²) in [6, 6.07) is 12.0. The second-order valence-electron chi connectivity index (χ2n) is 6.59. The molecule has 0 fully saturated rings. The molecule has 1 heterocycles. The van der Waals surface area contributed by atoms with Gasteiger partial charge in [0.2, 0.25) is 5.91 Å². The van der Waals surface area contributed by atoms with Gasteiger partial charge in [0, 0.05) is 25.3 Å². The van der Waals surface area contributed by atoms with Crippen LogP contribution in [0.4, 0.5) is 5.69 Å². The van der Waals surface area contributed by atoms with Crippen molar-refractivity contribution < 1.29 is 9.53 Å². The van der Waals surface area contributed by atoms with Crippen LogP contribution in [0.15, 0.2) is 52.4 Å². The van der Waals surface area contributed by atoms with Crippen LogP contribution >= 0.6 is 35.0 Å². The largest absolute Gasteiger partial charge is 0.385 e. The maximum absolute atomic E-state index is 13.0. The van der Waals surface area contributed by atoms with Gasteiger partial charge >= 0.3 is 0 Å². The summed E-state index contributed by atoms with van der Waals surface area (Å²) in [6.45, 7) is 2.72. The Hall–Kier alpha value is -2.06. The molecule has 0 aliphatic heterocycles. The summed E-state index contributed by atoms with van der Waals surface area (Å²) < 4.78 is 6.71. The molecule has 1 unspecified atom stereocenters. The summed E-state index contributed by atoms with van der Waals surface area (Å²) in [4.78, 5) is 30.4. The zero-order valence-electron chi connectivity index (χ0n) is 16.5. The zero-order chi connectivity index (χ0) is 21.7. The van der Waals surface area contributed by atoms with E-state index in [1.165, 1.54) is 11.8 Å². The van der Waals surface area contributed by atoms with Crippen LogP contribution in [-0.2, 0) is 16.1 Å². The SMILES string of the molecule is COCCCn1c(SC(C)C(=O)Nc2cc(Cl)ccc2Cl)nc2ccccc2c1=O. The summed E-state index contributed by atoms with van der Waals surface area (Å²) in [5.74, 6) is -0.269. The number of carbonyl (C=O) groups is 1. The normalized spacial score (nSPS) is 12.1. The third-order valence-corrected chi connectivity index (χ3v) is 6.05. The summed E-state index contributed by atoms with van der Waals surface area (Å²) in [5, 5.41) is 4.15. The Kier molecular flexibility index (Phi) is 7.77. The van der Waals surface area contributed by atoms with Gasteiger partial charge in [-0.05, 0) is 43.7 Å². The van der Waals surface area contributed by atoms with E-state index >= 15 is 0 Å². The number of halogens is 2. The molecular formula is C21H21Cl2N3O3S. The first-order valence-corrected chi connectivity index (χ1v) is 11.0. The van der Waals surface area contributed by atoms with Gasteiger partial charge in [-0.1, -0.05) is 47.1 Å². The van der Waals surface area contributed by atoms with E-state index in [2.05, 4.69) is 10.3 Å². The maximum atomic E-state index is 13.0. The van der Waals surface area contributed by atoms with Crippen LogP contribution in [0.5, 0.6) is 0 Å². The molecular weight excluding hydrogens is 445 g/mol. The monoisotopic (exact) mass is 465 g/mol. The third-order valence-electron chi connectivity index (χ3n) is 4.39. The number of benzene rings is 2. The molecule has 0 aliphatic carbocycles. The maximum Gasteiger partial charge on any atom is 0.262 e. The molecule has 2 aromatic carbocycles. The van der Waals surface area contributed by atoms with E-state index in [0.717, 1.165) is 0 Å². The van der Waals surface area contributed by atoms with Crippen molar-refractivity contribution in [1.29, 1.82) is 0 Å². The summed E-state index contributed by atoms with van der Waals surface area (Å²) in [7, 11) is 1.62. The lowest BCUT2D eigenvalue weighted by atomic mass is 10.2. The third kappa shape index (κ3) is 5.35. The van der Waals surface area contributed by atoms with Gasteiger partial charge in [-0.2, -0.15) is 0 Å². The number of para-hydroxylation sites is 1. The van der Waals surface area contributed by atoms with Gasteiger partial charge in [-0.15, -0.1) is 0 Å². The first-order valence-electron chi connectivity index (χ1n) is 9.32. The predicted octanol–water partition coefficient (Wildman–Crippen LogP) is 4.86. The lowest BCUT2D eigenvalue weighted by Gasteiger charge is -2.17. The Morgan fingerprint density at radius 1 is 1.27 bits per heavy atom. The summed E-state index contributed by atoms with van der Waals surface area (Å²) in [6.07, 6.45) is 0.655. The van der Waals surface area contributed by atoms with Gasteiger partial charge in [0.05, 0.1) is 26.9 Å². The van der Waals surface area contributed by atoms with E-state index in [9.17, 15) is 9.59 Å². The smallest absolute Gasteiger partial charge is 0.262 e. The van der Waals surface area contributed by atoms with Crippen molar-refractivity contribution in [3.05, 3.63) is 62.9 Å². The molecule has 0 bridgehead atoms. The van der Waals surface area contributed by atoms with Gasteiger partial charge < -0.3 is 10.1 Å². The molecule has 1 amide bonds. The number of anilines is 1. The molecule has 3 rings (SSSR count). The first-order chi connectivity index (χ1) is 14.4. The Morgan fingerprint density at radius 3 is 2.80 bits per heavy atom. The fourth-order valence-corrected chi connectivity index (χ4v) is 4.11. The molecule has 0 saturated heterocycles. The number of rotatable bonds is 8. The number of hydrogen-bond acceptors (Lipinski definition) is 5. The van der Waals surface area contributed by atoms with Crippen LogP contribution in [0.25, 0.3) is 10.9 Å². The van der Waals surface area contributed by atoms with E-state index in [1.54, 1.807) is 48.9 Å². The molecule has 1 atom stereocenters. The van der Waals surface area contributed by atoms with Crippen LogP contribution in [-0.4, -0.2) is 34.4 Å². The highest BCUT2D eigenvalue weighted by Gasteiger charge is 2.20. The van der Waals surface area contributed by atoms with Gasteiger partial charge in [0.1, 0.15) is 0 Å². The molecule has 1 N–H and O–H groups in total. The van der Waals surface area contributed by atoms with Crippen molar-refractivity contribution >= 4 is 57.5 Å². The number of amides is 1. The van der Waals surface area contributed by atoms with E-state index in [4.69, 9.17) is 27.9 Å². The highest BCUT2D eigenvalue weighted by molar-refractivity contribution is 8.00. The van der Waals surface area contributed by atoms with E-state index in [1.807, 2.05) is 12.1 Å². The number of methoxy groups -OCH3 is 1. The van der Waals surface area contributed by atoms with Crippen LogP contribution < -0.4 is 10.9 Å². The topological polar surface area (TPSA) is 73.2 Å². The Balaban J connectivity index is 1.87. The average molecular weight is 466 g/mol. The molecule has 6 nitrogen and oxygen atoms in total. The standard InChI is InChI=1S/C21H21Cl2N3O3S/c1-13(19(27)24-18-12-14(22)8-9-16(18)23)30-21-25-17-7-4-3-6-15(17)20(28)26(21)10-5-11-29-2/h3-4,6-9,12-13H,5,10-11H2,1-2H3,(H,24,27). The molecule has 0 radical (unpaired) electrons. The number of fused-ring (bicyclic) bond motifs is 1. The van der Waals surface area contributed by atoms with Gasteiger partial charge in [0.25, 0.3) is 5.56 Å². The molecule has 3 aromatic rings. The molecule has 0 aliphatic rings. The van der Waals surface area contributed by atoms with Crippen LogP contribution in [0, 0.1) is 0 Å². The Morgan fingerprint density at radius 2 is 2.03 bits per heavy atom. The average Bonchev–Trinajstić information content (AvgIpc) is 2.73. The van der Waals surface area contributed by atoms with E-state index in [-0.39, 0.29) is 11.5 Å². The quantitative estimate of drug-likeness (QED) is 0.292. The minimum absolute atomic E-state index is 0.135. The van der Waals surface area contributed by atoms with Crippen molar-refractivity contribution in [1.82, 2.24) is 9.55 Å². The number of aromatic nitrogens is 2. The second-order valence-corrected chi connectivity index (χ2v) is 8.74. The van der Waals surface area contributed by atoms with Crippen LogP contribution in [0.1, 0.15) is 13.3 Å². The minimum Gasteiger partial charge on any atom is -0.385 e. The molecule has 0 saturated carbocycles. The molecule has 0 spiro atoms. The number of hydrogen-bond donors (Lipinski definition) is 1. The number of carbonyl (C=O) groups excluding carboxylic acids is 1. The fraction of sp³-hybridized carbons (Fsp3) is 0.286. The lowest BCUT2D eigenvalue weighted by molar-refractivity contribution is -0.115. The molecule has 158 valence electrons. The highest BCUT2D eigenvalue weighted by atomic mass is 35.5. The summed E-state index contributed by atoms with van der Waals surface area (Å²) in [5.41, 5.74) is 0.897. The first kappa shape index (κ1) is 22.6. The van der Waals surface area contributed by atoms with Crippen molar-refractivity contribution in [2.75, 3.05) is 19.0 Å². The fourth-order valence-electron chi connectivity index (χ4n) is 2.84. The Labute approximate surface area is 188 Å². The Bertz CT molecular complexity index is 1120. The van der Waals surface area contributed by atoms with Crippen molar-refractivity contribution in [2.24, 2.45) is 0 Å². The molecule has 9 heteroatoms. The predicted molar refractivity (Wildman–Crippen MR) is 123 cm³/mol. The number of thioether (sulfide) groups is 1. The second kappa shape index (κ2) is 10.3. The van der Waals surface area contributed by atoms with E-state index in [0.29, 0.717) is 51.4 Å². The minimum atomic E-state index is -0.526. The lowest BCUT2D eigenvalue weighted by Crippen LogP contribution is -2.27. The summed E-state index contributed by atoms with van der Waals surface area (Å²) >= 11 is 13.3. The molecule has 1 aromatic heterocycles. The number of ether oxygens (including phenoxy) is 1. The molecule has 30 heavy (non-hydrogen) atoms. The van der Waals surface area contributed by atoms with Crippen molar-refractivity contribution in [3.63, 3.8) is 0 Å². The zero-order valence-corrected chi connectivity index (χ0v) is 18.9. The van der Waals surface area contributed by atoms with Crippen LogP contribution in [0.2, 0.25) is 10.0 Å². The number of nitrogens with zero attached hydrogens (tertiary/aromatic N) is 2. The van der Waals surface area contributed by atoms with Gasteiger partial charge in [-0.3, -0.25) is 14.2 Å². The van der Waals surface area contributed by atoms with Crippen molar-refractivity contribution in [2.45, 2.75) is 30.3 Å². The number of nitrogens with one attached hydrogen (secondary N) is 1. The van der Waals surface area contributed by atoms with E-state index < -0.39 is 5.25 Å².